The van der Waals surface area contributed by atoms with Gasteiger partial charge in [-0.1, -0.05) is 53.5 Å². The third kappa shape index (κ3) is 4.86. The van der Waals surface area contributed by atoms with E-state index in [4.69, 9.17) is 23.2 Å². The maximum absolute atomic E-state index is 12.3. The molecule has 23 heavy (non-hydrogen) atoms. The molecular formula is C17H18Cl2N2O2. The molecule has 0 aliphatic heterocycles. The van der Waals surface area contributed by atoms with Crippen LogP contribution in [0.3, 0.4) is 0 Å². The number of amides is 1. The topological polar surface area (TPSA) is 61.4 Å². The summed E-state index contributed by atoms with van der Waals surface area (Å²) in [6.45, 7) is 1.56. The van der Waals surface area contributed by atoms with Crippen molar-refractivity contribution in [3.05, 3.63) is 64.1 Å². The van der Waals surface area contributed by atoms with Gasteiger partial charge in [0, 0.05) is 5.69 Å². The largest absolute Gasteiger partial charge is 0.394 e. The average molecular weight is 353 g/mol. The lowest BCUT2D eigenvalue weighted by Crippen LogP contribution is -2.40. The van der Waals surface area contributed by atoms with E-state index < -0.39 is 12.1 Å². The molecule has 2 aromatic carbocycles. The summed E-state index contributed by atoms with van der Waals surface area (Å²) in [5.41, 5.74) is 1.55. The second-order valence-corrected chi connectivity index (χ2v) is 5.96. The Bertz CT molecular complexity index is 665. The number of carbonyl (C=O) groups excluding carboxylic acids is 1. The van der Waals surface area contributed by atoms with E-state index >= 15 is 0 Å². The van der Waals surface area contributed by atoms with Crippen molar-refractivity contribution >= 4 is 34.8 Å². The molecule has 1 amide bonds. The van der Waals surface area contributed by atoms with Gasteiger partial charge in [0.05, 0.1) is 22.7 Å². The molecule has 4 nitrogen and oxygen atoms in total. The fraction of sp³-hybridized carbons (Fsp3) is 0.235. The van der Waals surface area contributed by atoms with Crippen molar-refractivity contribution in [3.63, 3.8) is 0 Å². The highest BCUT2D eigenvalue weighted by atomic mass is 35.5. The zero-order chi connectivity index (χ0) is 16.8. The maximum Gasteiger partial charge on any atom is 0.242 e. The van der Waals surface area contributed by atoms with Crippen LogP contribution in [0.1, 0.15) is 18.5 Å². The number of aliphatic hydroxyl groups excluding tert-OH is 1. The van der Waals surface area contributed by atoms with E-state index in [2.05, 4.69) is 10.6 Å². The summed E-state index contributed by atoms with van der Waals surface area (Å²) < 4.78 is 0. The van der Waals surface area contributed by atoms with Gasteiger partial charge in [0.1, 0.15) is 6.04 Å². The van der Waals surface area contributed by atoms with Gasteiger partial charge in [-0.3, -0.25) is 4.79 Å². The maximum atomic E-state index is 12.3. The monoisotopic (exact) mass is 352 g/mol. The van der Waals surface area contributed by atoms with Gasteiger partial charge in [-0.2, -0.15) is 0 Å². The highest BCUT2D eigenvalue weighted by Gasteiger charge is 2.18. The van der Waals surface area contributed by atoms with E-state index in [1.54, 1.807) is 25.1 Å². The summed E-state index contributed by atoms with van der Waals surface area (Å²) in [5.74, 6) is -0.223. The third-order valence-corrected chi connectivity index (χ3v) is 4.14. The molecular weight excluding hydrogens is 335 g/mol. The van der Waals surface area contributed by atoms with Crippen LogP contribution < -0.4 is 10.6 Å². The quantitative estimate of drug-likeness (QED) is 0.743. The van der Waals surface area contributed by atoms with Crippen LogP contribution in [0.5, 0.6) is 0 Å². The van der Waals surface area contributed by atoms with Crippen LogP contribution >= 0.6 is 23.2 Å². The van der Waals surface area contributed by atoms with Crippen molar-refractivity contribution in [2.75, 3.05) is 11.9 Å². The van der Waals surface area contributed by atoms with Crippen molar-refractivity contribution in [3.8, 4) is 0 Å². The summed E-state index contributed by atoms with van der Waals surface area (Å²) >= 11 is 11.8. The molecule has 2 unspecified atom stereocenters. The Balaban J connectivity index is 2.00. The molecule has 0 aliphatic carbocycles. The molecule has 0 radical (unpaired) electrons. The SMILES string of the molecule is CC(Nc1ccc(Cl)c(Cl)c1)C(=O)NC(CO)c1ccccc1. The number of hydrogen-bond donors (Lipinski definition) is 3. The van der Waals surface area contributed by atoms with Gasteiger partial charge in [-0.05, 0) is 30.7 Å². The Hall–Kier alpha value is -1.75. The first-order valence-corrected chi connectivity index (χ1v) is 7.94. The van der Waals surface area contributed by atoms with E-state index in [9.17, 15) is 9.90 Å². The predicted octanol–water partition coefficient (Wildman–Crippen LogP) is 3.64. The third-order valence-electron chi connectivity index (χ3n) is 3.40. The molecule has 0 saturated carbocycles. The standard InChI is InChI=1S/C17H18Cl2N2O2/c1-11(20-13-7-8-14(18)15(19)9-13)17(23)21-16(10-22)12-5-3-2-4-6-12/h2-9,11,16,20,22H,10H2,1H3,(H,21,23). The highest BCUT2D eigenvalue weighted by molar-refractivity contribution is 6.42. The predicted molar refractivity (Wildman–Crippen MR) is 94.0 cm³/mol. The second-order valence-electron chi connectivity index (χ2n) is 5.15. The number of aliphatic hydroxyl groups is 1. The Morgan fingerprint density at radius 1 is 1.13 bits per heavy atom. The number of nitrogens with one attached hydrogen (secondary N) is 2. The Labute approximate surface area is 145 Å². The number of carbonyl (C=O) groups is 1. The zero-order valence-electron chi connectivity index (χ0n) is 12.6. The van der Waals surface area contributed by atoms with E-state index in [0.29, 0.717) is 15.7 Å². The summed E-state index contributed by atoms with van der Waals surface area (Å²) in [6, 6.07) is 13.5. The zero-order valence-corrected chi connectivity index (χ0v) is 14.1. The number of benzene rings is 2. The minimum Gasteiger partial charge on any atom is -0.394 e. The molecule has 0 bridgehead atoms. The normalized spacial score (nSPS) is 13.2. The van der Waals surface area contributed by atoms with Crippen LogP contribution in [0.4, 0.5) is 5.69 Å². The fourth-order valence-corrected chi connectivity index (χ4v) is 2.42. The summed E-state index contributed by atoms with van der Waals surface area (Å²) in [4.78, 5) is 12.3. The van der Waals surface area contributed by atoms with Gasteiger partial charge in [0.25, 0.3) is 0 Å². The summed E-state index contributed by atoms with van der Waals surface area (Å²) in [6.07, 6.45) is 0. The molecule has 2 rings (SSSR count). The Morgan fingerprint density at radius 3 is 2.43 bits per heavy atom. The Kier molecular flexibility index (Phi) is 6.28. The Morgan fingerprint density at radius 2 is 1.83 bits per heavy atom. The molecule has 122 valence electrons. The van der Waals surface area contributed by atoms with Crippen LogP contribution in [0.2, 0.25) is 10.0 Å². The fourth-order valence-electron chi connectivity index (χ4n) is 2.12. The molecule has 0 spiro atoms. The lowest BCUT2D eigenvalue weighted by atomic mass is 10.1. The first-order chi connectivity index (χ1) is 11.0. The molecule has 0 heterocycles. The number of hydrogen-bond acceptors (Lipinski definition) is 3. The summed E-state index contributed by atoms with van der Waals surface area (Å²) in [7, 11) is 0. The van der Waals surface area contributed by atoms with Gasteiger partial charge in [-0.25, -0.2) is 0 Å². The lowest BCUT2D eigenvalue weighted by molar-refractivity contribution is -0.122. The van der Waals surface area contributed by atoms with Crippen LogP contribution in [0.15, 0.2) is 48.5 Å². The van der Waals surface area contributed by atoms with Gasteiger partial charge in [-0.15, -0.1) is 0 Å². The van der Waals surface area contributed by atoms with E-state index in [1.165, 1.54) is 0 Å². The molecule has 2 atom stereocenters. The van der Waals surface area contributed by atoms with E-state index in [1.807, 2.05) is 30.3 Å². The van der Waals surface area contributed by atoms with Crippen LogP contribution in [0, 0.1) is 0 Å². The van der Waals surface area contributed by atoms with E-state index in [0.717, 1.165) is 5.56 Å². The van der Waals surface area contributed by atoms with Crippen LogP contribution in [-0.2, 0) is 4.79 Å². The minimum absolute atomic E-state index is 0.171. The molecule has 6 heteroatoms. The van der Waals surface area contributed by atoms with Crippen molar-refractivity contribution in [1.29, 1.82) is 0 Å². The molecule has 0 saturated heterocycles. The van der Waals surface area contributed by atoms with Crippen LogP contribution in [-0.4, -0.2) is 23.7 Å². The molecule has 0 aliphatic rings. The molecule has 3 N–H and O–H groups in total. The first-order valence-electron chi connectivity index (χ1n) is 7.19. The average Bonchev–Trinajstić information content (AvgIpc) is 2.56. The van der Waals surface area contributed by atoms with E-state index in [-0.39, 0.29) is 12.5 Å². The smallest absolute Gasteiger partial charge is 0.242 e. The van der Waals surface area contributed by atoms with Crippen molar-refractivity contribution < 1.29 is 9.90 Å². The highest BCUT2D eigenvalue weighted by Crippen LogP contribution is 2.25. The minimum atomic E-state index is -0.495. The number of rotatable bonds is 6. The number of halogens is 2. The second kappa shape index (κ2) is 8.20. The van der Waals surface area contributed by atoms with Gasteiger partial charge < -0.3 is 15.7 Å². The molecule has 2 aromatic rings. The molecule has 0 fully saturated rings. The number of anilines is 1. The summed E-state index contributed by atoms with van der Waals surface area (Å²) in [5, 5.41) is 16.2. The lowest BCUT2D eigenvalue weighted by Gasteiger charge is -2.21. The van der Waals surface area contributed by atoms with Crippen LogP contribution in [0.25, 0.3) is 0 Å². The van der Waals surface area contributed by atoms with Gasteiger partial charge in [0.15, 0.2) is 0 Å². The van der Waals surface area contributed by atoms with Crippen molar-refractivity contribution in [2.24, 2.45) is 0 Å². The van der Waals surface area contributed by atoms with Crippen molar-refractivity contribution in [2.45, 2.75) is 19.0 Å². The van der Waals surface area contributed by atoms with Gasteiger partial charge in [0.2, 0.25) is 5.91 Å². The van der Waals surface area contributed by atoms with Gasteiger partial charge >= 0.3 is 0 Å². The molecule has 0 aromatic heterocycles. The van der Waals surface area contributed by atoms with Crippen molar-refractivity contribution in [1.82, 2.24) is 5.32 Å². The first kappa shape index (κ1) is 17.6.